The molecule has 0 unspecified atom stereocenters. The van der Waals surface area contributed by atoms with Crippen LogP contribution in [0.25, 0.3) is 5.52 Å². The summed E-state index contributed by atoms with van der Waals surface area (Å²) in [5, 5.41) is 4.87. The van der Waals surface area contributed by atoms with Crippen molar-refractivity contribution in [3.05, 3.63) is 83.7 Å². The van der Waals surface area contributed by atoms with E-state index in [1.54, 1.807) is 6.33 Å². The summed E-state index contributed by atoms with van der Waals surface area (Å²) in [6.07, 6.45) is 4.77. The van der Waals surface area contributed by atoms with Gasteiger partial charge in [-0.1, -0.05) is 24.3 Å². The SMILES string of the molecule is Cc1cccn2nc([C@H]3c4nc[nH]c4CCN3c3ccccc3)cc12. The summed E-state index contributed by atoms with van der Waals surface area (Å²) in [5.41, 5.74) is 6.90. The Morgan fingerprint density at radius 1 is 1.12 bits per heavy atom. The van der Waals surface area contributed by atoms with Gasteiger partial charge < -0.3 is 9.88 Å². The van der Waals surface area contributed by atoms with E-state index >= 15 is 0 Å². The van der Waals surface area contributed by atoms with Crippen molar-refractivity contribution < 1.29 is 0 Å². The molecule has 0 spiro atoms. The Bertz CT molecular complexity index is 1030. The first-order chi connectivity index (χ1) is 12.3. The smallest absolute Gasteiger partial charge is 0.117 e. The van der Waals surface area contributed by atoms with Crippen LogP contribution in [0.15, 0.2) is 61.1 Å². The number of benzene rings is 1. The highest BCUT2D eigenvalue weighted by atomic mass is 15.3. The standard InChI is InChI=1S/C20H19N5/c1-14-6-5-10-25-18(14)12-17(23-25)20-19-16(21-13-22-19)9-11-24(20)15-7-3-2-4-8-15/h2-8,10,12-13,20H,9,11H2,1H3,(H,21,22)/t20-/m0/s1. The molecule has 5 rings (SSSR count). The largest absolute Gasteiger partial charge is 0.357 e. The number of para-hydroxylation sites is 1. The van der Waals surface area contributed by atoms with Crippen molar-refractivity contribution in [1.82, 2.24) is 19.6 Å². The number of aryl methyl sites for hydroxylation is 1. The van der Waals surface area contributed by atoms with Crippen LogP contribution in [-0.2, 0) is 6.42 Å². The van der Waals surface area contributed by atoms with Gasteiger partial charge in [0, 0.05) is 30.5 Å². The fraction of sp³-hybridized carbons (Fsp3) is 0.200. The molecule has 0 amide bonds. The zero-order chi connectivity index (χ0) is 16.8. The molecule has 4 heterocycles. The number of nitrogens with zero attached hydrogens (tertiary/aromatic N) is 4. The molecule has 1 aliphatic rings. The minimum absolute atomic E-state index is 0.0247. The molecule has 3 aromatic heterocycles. The van der Waals surface area contributed by atoms with Crippen LogP contribution >= 0.6 is 0 Å². The normalized spacial score (nSPS) is 17.0. The Labute approximate surface area is 145 Å². The molecule has 5 nitrogen and oxygen atoms in total. The number of H-pyrrole nitrogens is 1. The molecule has 1 aliphatic heterocycles. The van der Waals surface area contributed by atoms with Gasteiger partial charge in [0.05, 0.1) is 23.2 Å². The second-order valence-electron chi connectivity index (χ2n) is 6.54. The molecule has 0 aliphatic carbocycles. The molecule has 1 N–H and O–H groups in total. The number of pyridine rings is 1. The number of imidazole rings is 1. The number of nitrogens with one attached hydrogen (secondary N) is 1. The topological polar surface area (TPSA) is 49.2 Å². The zero-order valence-corrected chi connectivity index (χ0v) is 14.1. The van der Waals surface area contributed by atoms with Crippen LogP contribution in [0, 0.1) is 6.92 Å². The van der Waals surface area contributed by atoms with Gasteiger partial charge in [-0.15, -0.1) is 0 Å². The number of rotatable bonds is 2. The van der Waals surface area contributed by atoms with Crippen LogP contribution in [0.2, 0.25) is 0 Å². The minimum Gasteiger partial charge on any atom is -0.357 e. The van der Waals surface area contributed by atoms with Crippen LogP contribution in [0.1, 0.15) is 28.7 Å². The Hall–Kier alpha value is -3.08. The molecule has 0 radical (unpaired) electrons. The molecule has 1 atom stereocenters. The molecule has 25 heavy (non-hydrogen) atoms. The van der Waals surface area contributed by atoms with E-state index in [1.165, 1.54) is 16.9 Å². The summed E-state index contributed by atoms with van der Waals surface area (Å²) in [7, 11) is 0. The van der Waals surface area contributed by atoms with Crippen LogP contribution in [-0.4, -0.2) is 26.1 Å². The quantitative estimate of drug-likeness (QED) is 0.612. The monoisotopic (exact) mass is 329 g/mol. The maximum absolute atomic E-state index is 4.87. The minimum atomic E-state index is 0.0247. The number of fused-ring (bicyclic) bond motifs is 2. The predicted molar refractivity (Wildman–Crippen MR) is 97.9 cm³/mol. The highest BCUT2D eigenvalue weighted by Crippen LogP contribution is 2.36. The molecule has 0 saturated heterocycles. The van der Waals surface area contributed by atoms with Gasteiger partial charge in [-0.25, -0.2) is 9.50 Å². The lowest BCUT2D eigenvalue weighted by Crippen LogP contribution is -2.36. The Kier molecular flexibility index (Phi) is 3.13. The number of aromatic nitrogens is 4. The van der Waals surface area contributed by atoms with Crippen LogP contribution in [0.3, 0.4) is 0 Å². The van der Waals surface area contributed by atoms with Crippen molar-refractivity contribution in [2.75, 3.05) is 11.4 Å². The fourth-order valence-corrected chi connectivity index (χ4v) is 3.78. The average Bonchev–Trinajstić information content (AvgIpc) is 3.29. The molecule has 0 bridgehead atoms. The third-order valence-corrected chi connectivity index (χ3v) is 5.03. The van der Waals surface area contributed by atoms with Gasteiger partial charge in [-0.05, 0) is 36.8 Å². The third-order valence-electron chi connectivity index (χ3n) is 5.03. The number of aromatic amines is 1. The van der Waals surface area contributed by atoms with Gasteiger partial charge in [-0.3, -0.25) is 0 Å². The number of hydrogen-bond donors (Lipinski definition) is 1. The van der Waals surface area contributed by atoms with E-state index in [9.17, 15) is 0 Å². The molecule has 0 fully saturated rings. The molecule has 4 aromatic rings. The average molecular weight is 329 g/mol. The first-order valence-electron chi connectivity index (χ1n) is 8.60. The van der Waals surface area contributed by atoms with Gasteiger partial charge in [0.15, 0.2) is 0 Å². The van der Waals surface area contributed by atoms with Crippen molar-refractivity contribution in [1.29, 1.82) is 0 Å². The predicted octanol–water partition coefficient (Wildman–Crippen LogP) is 3.52. The van der Waals surface area contributed by atoms with Crippen molar-refractivity contribution in [2.45, 2.75) is 19.4 Å². The van der Waals surface area contributed by atoms with E-state index in [0.29, 0.717) is 0 Å². The molecular formula is C20H19N5. The molecule has 1 aromatic carbocycles. The van der Waals surface area contributed by atoms with Crippen LogP contribution < -0.4 is 4.90 Å². The lowest BCUT2D eigenvalue weighted by Gasteiger charge is -2.35. The van der Waals surface area contributed by atoms with E-state index < -0.39 is 0 Å². The van der Waals surface area contributed by atoms with Gasteiger partial charge in [-0.2, -0.15) is 5.10 Å². The molecular weight excluding hydrogens is 310 g/mol. The second-order valence-corrected chi connectivity index (χ2v) is 6.54. The van der Waals surface area contributed by atoms with E-state index in [-0.39, 0.29) is 6.04 Å². The van der Waals surface area contributed by atoms with Gasteiger partial charge in [0.1, 0.15) is 6.04 Å². The van der Waals surface area contributed by atoms with Crippen molar-refractivity contribution in [3.63, 3.8) is 0 Å². The lowest BCUT2D eigenvalue weighted by molar-refractivity contribution is 0.617. The van der Waals surface area contributed by atoms with E-state index in [2.05, 4.69) is 64.3 Å². The summed E-state index contributed by atoms with van der Waals surface area (Å²) in [6, 6.07) is 16.9. The molecule has 0 saturated carbocycles. The molecule has 124 valence electrons. The van der Waals surface area contributed by atoms with Crippen molar-refractivity contribution >= 4 is 11.2 Å². The van der Waals surface area contributed by atoms with Crippen LogP contribution in [0.5, 0.6) is 0 Å². The summed E-state index contributed by atoms with van der Waals surface area (Å²) >= 11 is 0. The van der Waals surface area contributed by atoms with Crippen molar-refractivity contribution in [3.8, 4) is 0 Å². The summed E-state index contributed by atoms with van der Waals surface area (Å²) in [6.45, 7) is 3.06. The third kappa shape index (κ3) is 2.23. The first-order valence-corrected chi connectivity index (χ1v) is 8.60. The Balaban J connectivity index is 1.70. The Morgan fingerprint density at radius 2 is 2.00 bits per heavy atom. The van der Waals surface area contributed by atoms with E-state index in [1.807, 2.05) is 16.8 Å². The van der Waals surface area contributed by atoms with E-state index in [4.69, 9.17) is 5.10 Å². The highest BCUT2D eigenvalue weighted by molar-refractivity contribution is 5.58. The zero-order valence-electron chi connectivity index (χ0n) is 14.1. The summed E-state index contributed by atoms with van der Waals surface area (Å²) in [5.74, 6) is 0. The van der Waals surface area contributed by atoms with E-state index in [0.717, 1.165) is 29.9 Å². The maximum Gasteiger partial charge on any atom is 0.117 e. The Morgan fingerprint density at radius 3 is 2.84 bits per heavy atom. The maximum atomic E-state index is 4.87. The van der Waals surface area contributed by atoms with Crippen molar-refractivity contribution in [2.24, 2.45) is 0 Å². The van der Waals surface area contributed by atoms with Gasteiger partial charge in [0.25, 0.3) is 0 Å². The molecule has 5 heteroatoms. The number of hydrogen-bond acceptors (Lipinski definition) is 3. The fourth-order valence-electron chi connectivity index (χ4n) is 3.78. The highest BCUT2D eigenvalue weighted by Gasteiger charge is 2.33. The lowest BCUT2D eigenvalue weighted by atomic mass is 9.98. The first kappa shape index (κ1) is 14.3. The van der Waals surface area contributed by atoms with Gasteiger partial charge in [0.2, 0.25) is 0 Å². The number of anilines is 1. The summed E-state index contributed by atoms with van der Waals surface area (Å²) in [4.78, 5) is 10.3. The summed E-state index contributed by atoms with van der Waals surface area (Å²) < 4.78 is 1.97. The van der Waals surface area contributed by atoms with Gasteiger partial charge >= 0.3 is 0 Å². The van der Waals surface area contributed by atoms with Crippen LogP contribution in [0.4, 0.5) is 5.69 Å². The second kappa shape index (κ2) is 5.48.